The van der Waals surface area contributed by atoms with Gasteiger partial charge in [0, 0.05) is 17.7 Å². The van der Waals surface area contributed by atoms with E-state index in [4.69, 9.17) is 14.2 Å². The van der Waals surface area contributed by atoms with Gasteiger partial charge in [-0.1, -0.05) is 41.7 Å². The Balaban J connectivity index is 1.54. The van der Waals surface area contributed by atoms with Crippen molar-refractivity contribution in [2.24, 2.45) is 4.99 Å². The van der Waals surface area contributed by atoms with Gasteiger partial charge in [-0.3, -0.25) is 19.5 Å². The number of ether oxygens (including phenoxy) is 3. The summed E-state index contributed by atoms with van der Waals surface area (Å²) >= 11 is 1.22. The Hall–Kier alpha value is -5.03. The van der Waals surface area contributed by atoms with Crippen LogP contribution in [0.25, 0.3) is 6.08 Å². The van der Waals surface area contributed by atoms with Crippen molar-refractivity contribution in [2.45, 2.75) is 33.4 Å². The smallest absolute Gasteiger partial charge is 0.338 e. The third kappa shape index (κ3) is 6.26. The van der Waals surface area contributed by atoms with Crippen LogP contribution in [0.15, 0.2) is 93.9 Å². The van der Waals surface area contributed by atoms with E-state index in [1.165, 1.54) is 28.0 Å². The monoisotopic (exact) mass is 599 g/mol. The fourth-order valence-corrected chi connectivity index (χ4v) is 5.80. The molecule has 1 aliphatic rings. The molecule has 4 aromatic rings. The van der Waals surface area contributed by atoms with Crippen molar-refractivity contribution >= 4 is 29.1 Å². The van der Waals surface area contributed by atoms with Crippen molar-refractivity contribution in [1.29, 1.82) is 0 Å². The minimum absolute atomic E-state index is 0.00409. The van der Waals surface area contributed by atoms with Crippen LogP contribution in [0.1, 0.15) is 43.5 Å². The fraction of sp³-hybridized carbons (Fsp3) is 0.219. The number of rotatable bonds is 10. The highest BCUT2D eigenvalue weighted by molar-refractivity contribution is 7.07. The van der Waals surface area contributed by atoms with Gasteiger partial charge in [0.1, 0.15) is 18.1 Å². The zero-order valence-electron chi connectivity index (χ0n) is 23.8. The van der Waals surface area contributed by atoms with Crippen LogP contribution >= 0.6 is 11.3 Å². The summed E-state index contributed by atoms with van der Waals surface area (Å²) in [7, 11) is 0. The van der Waals surface area contributed by atoms with Crippen molar-refractivity contribution in [3.63, 3.8) is 0 Å². The molecule has 0 spiro atoms. The zero-order valence-corrected chi connectivity index (χ0v) is 24.6. The van der Waals surface area contributed by atoms with Crippen LogP contribution < -0.4 is 24.4 Å². The molecule has 0 amide bonds. The summed E-state index contributed by atoms with van der Waals surface area (Å²) in [6.07, 6.45) is 1.74. The molecule has 1 aliphatic heterocycles. The minimum Gasteiger partial charge on any atom is -0.494 e. The number of allylic oxidation sites excluding steroid dienone is 1. The second-order valence-electron chi connectivity index (χ2n) is 9.55. The lowest BCUT2D eigenvalue weighted by Gasteiger charge is -2.24. The highest BCUT2D eigenvalue weighted by Crippen LogP contribution is 2.32. The molecule has 2 heterocycles. The third-order valence-electron chi connectivity index (χ3n) is 6.77. The number of esters is 1. The van der Waals surface area contributed by atoms with Crippen LogP contribution in [-0.4, -0.2) is 28.7 Å². The topological polar surface area (TPSA) is 122 Å². The van der Waals surface area contributed by atoms with E-state index in [2.05, 4.69) is 4.99 Å². The molecule has 0 saturated heterocycles. The molecular formula is C32H29N3O7S. The number of carbonyl (C=O) groups is 1. The molecule has 43 heavy (non-hydrogen) atoms. The van der Waals surface area contributed by atoms with Gasteiger partial charge in [-0.25, -0.2) is 9.79 Å². The van der Waals surface area contributed by atoms with E-state index < -0.39 is 16.9 Å². The van der Waals surface area contributed by atoms with Crippen molar-refractivity contribution in [2.75, 3.05) is 13.2 Å². The van der Waals surface area contributed by atoms with Crippen LogP contribution in [0, 0.1) is 10.1 Å². The van der Waals surface area contributed by atoms with Crippen LogP contribution in [0.2, 0.25) is 0 Å². The molecule has 1 atom stereocenters. The molecule has 0 unspecified atom stereocenters. The van der Waals surface area contributed by atoms with Crippen molar-refractivity contribution in [1.82, 2.24) is 4.57 Å². The first-order valence-corrected chi connectivity index (χ1v) is 14.5. The largest absolute Gasteiger partial charge is 0.494 e. The molecular weight excluding hydrogens is 570 g/mol. The van der Waals surface area contributed by atoms with E-state index in [-0.39, 0.29) is 24.5 Å². The number of nitro groups is 1. The predicted molar refractivity (Wildman–Crippen MR) is 162 cm³/mol. The zero-order chi connectivity index (χ0) is 30.5. The van der Waals surface area contributed by atoms with Crippen molar-refractivity contribution in [3.05, 3.63) is 131 Å². The summed E-state index contributed by atoms with van der Waals surface area (Å²) < 4.78 is 18.9. The quantitative estimate of drug-likeness (QED) is 0.147. The summed E-state index contributed by atoms with van der Waals surface area (Å²) in [5.41, 5.74) is 2.64. The summed E-state index contributed by atoms with van der Waals surface area (Å²) in [6.45, 7) is 6.26. The third-order valence-corrected chi connectivity index (χ3v) is 7.75. The first-order chi connectivity index (χ1) is 20.8. The molecule has 10 nitrogen and oxygen atoms in total. The lowest BCUT2D eigenvalue weighted by molar-refractivity contribution is -0.384. The SMILES string of the molecule is CCOC(=O)C1=C(C)N=c2s/c(=C\c3ccccc3OCc3ccc([N+](=O)[O-])cc3)c(=O)n2[C@@H]1c1ccc(OCC)cc1. The lowest BCUT2D eigenvalue weighted by atomic mass is 9.96. The number of benzene rings is 3. The standard InChI is InChI=1S/C32H29N3O7S/c1-4-40-25-16-12-22(13-17-25)29-28(31(37)41-5-2)20(3)33-32-34(29)30(36)27(43-32)18-23-8-6-7-9-26(23)42-19-21-10-14-24(15-11-21)35(38)39/h6-18,29H,4-5,19H2,1-3H3/b27-18-/t29-/m1/s1. The lowest BCUT2D eigenvalue weighted by Crippen LogP contribution is -2.39. The van der Waals surface area contributed by atoms with Gasteiger partial charge in [0.15, 0.2) is 4.80 Å². The molecule has 0 radical (unpaired) electrons. The van der Waals surface area contributed by atoms with Crippen LogP contribution in [-0.2, 0) is 16.1 Å². The second-order valence-corrected chi connectivity index (χ2v) is 10.6. The van der Waals surface area contributed by atoms with E-state index in [0.717, 1.165) is 11.1 Å². The van der Waals surface area contributed by atoms with E-state index in [1.54, 1.807) is 38.1 Å². The number of hydrogen-bond acceptors (Lipinski definition) is 9. The van der Waals surface area contributed by atoms with Gasteiger partial charge < -0.3 is 14.2 Å². The molecule has 1 aromatic heterocycles. The van der Waals surface area contributed by atoms with Gasteiger partial charge in [0.2, 0.25) is 0 Å². The van der Waals surface area contributed by atoms with E-state index in [9.17, 15) is 19.7 Å². The first kappa shape index (κ1) is 29.5. The Kier molecular flexibility index (Phi) is 8.82. The number of hydrogen-bond donors (Lipinski definition) is 0. The molecule has 0 aliphatic carbocycles. The average Bonchev–Trinajstić information content (AvgIpc) is 3.30. The van der Waals surface area contributed by atoms with Crippen LogP contribution in [0.3, 0.4) is 0 Å². The number of carbonyl (C=O) groups excluding carboxylic acids is 1. The molecule has 5 rings (SSSR count). The number of thiazole rings is 1. The maximum Gasteiger partial charge on any atom is 0.338 e. The van der Waals surface area contributed by atoms with Gasteiger partial charge in [0.05, 0.1) is 40.0 Å². The minimum atomic E-state index is -0.734. The number of fused-ring (bicyclic) bond motifs is 1. The molecule has 0 bridgehead atoms. The van der Waals surface area contributed by atoms with Crippen LogP contribution in [0.5, 0.6) is 11.5 Å². The predicted octanol–water partition coefficient (Wildman–Crippen LogP) is 4.68. The van der Waals surface area contributed by atoms with Gasteiger partial charge in [-0.2, -0.15) is 0 Å². The number of nitro benzene ring substituents is 1. The number of non-ortho nitro benzene ring substituents is 1. The first-order valence-electron chi connectivity index (χ1n) is 13.7. The summed E-state index contributed by atoms with van der Waals surface area (Å²) in [5.74, 6) is 0.697. The highest BCUT2D eigenvalue weighted by atomic mass is 32.1. The Morgan fingerprint density at radius 1 is 1.02 bits per heavy atom. The molecule has 220 valence electrons. The second kappa shape index (κ2) is 12.9. The van der Waals surface area contributed by atoms with Crippen molar-refractivity contribution < 1.29 is 23.9 Å². The average molecular weight is 600 g/mol. The van der Waals surface area contributed by atoms with Gasteiger partial charge >= 0.3 is 5.97 Å². The molecule has 3 aromatic carbocycles. The Bertz CT molecular complexity index is 1870. The van der Waals surface area contributed by atoms with Crippen LogP contribution in [0.4, 0.5) is 5.69 Å². The number of aromatic nitrogens is 1. The Morgan fingerprint density at radius 2 is 1.74 bits per heavy atom. The van der Waals surface area contributed by atoms with Gasteiger partial charge in [-0.15, -0.1) is 0 Å². The fourth-order valence-electron chi connectivity index (χ4n) is 4.77. The van der Waals surface area contributed by atoms with Crippen molar-refractivity contribution in [3.8, 4) is 11.5 Å². The normalized spacial score (nSPS) is 14.6. The molecule has 0 saturated carbocycles. The Morgan fingerprint density at radius 3 is 2.42 bits per heavy atom. The molecule has 11 heteroatoms. The summed E-state index contributed by atoms with van der Waals surface area (Å²) in [5, 5.41) is 11.0. The number of para-hydroxylation sites is 1. The van der Waals surface area contributed by atoms with E-state index in [1.807, 2.05) is 49.4 Å². The molecule has 0 fully saturated rings. The maximum atomic E-state index is 14.0. The maximum absolute atomic E-state index is 14.0. The van der Waals surface area contributed by atoms with E-state index in [0.29, 0.717) is 44.3 Å². The highest BCUT2D eigenvalue weighted by Gasteiger charge is 2.33. The Labute approximate surface area is 251 Å². The number of nitrogens with zero attached hydrogens (tertiary/aromatic N) is 3. The van der Waals surface area contributed by atoms with Gasteiger partial charge in [0.25, 0.3) is 11.2 Å². The summed E-state index contributed by atoms with van der Waals surface area (Å²) in [4.78, 5) is 42.7. The van der Waals surface area contributed by atoms with Gasteiger partial charge in [-0.05, 0) is 68.3 Å². The molecule has 0 N–H and O–H groups in total. The van der Waals surface area contributed by atoms with E-state index >= 15 is 0 Å². The summed E-state index contributed by atoms with van der Waals surface area (Å²) in [6, 6.07) is 20.0.